The van der Waals surface area contributed by atoms with Gasteiger partial charge in [0.1, 0.15) is 36.3 Å². The number of aromatic nitrogens is 8. The van der Waals surface area contributed by atoms with Crippen LogP contribution in [0.25, 0.3) is 22.3 Å². The number of aliphatic hydroxyl groups is 1. The number of phosphoric acid groups is 1. The van der Waals surface area contributed by atoms with Gasteiger partial charge in [0.25, 0.3) is 13.4 Å². The van der Waals surface area contributed by atoms with Crippen molar-refractivity contribution in [2.45, 2.75) is 49.1 Å². The molecule has 0 aromatic carbocycles. The van der Waals surface area contributed by atoms with Crippen LogP contribution in [0.5, 0.6) is 0 Å². The molecule has 9 atom stereocenters. The Morgan fingerprint density at radius 3 is 2.53 bits per heavy atom. The molecule has 4 aromatic heterocycles. The molecule has 4 aromatic rings. The molecule has 2 bridgehead atoms. The molecule has 45 heavy (non-hydrogen) atoms. The molecule has 0 saturated carbocycles. The number of hydrogen-bond acceptors (Lipinski definition) is 18. The molecule has 22 nitrogen and oxygen atoms in total. The summed E-state index contributed by atoms with van der Waals surface area (Å²) in [5.41, 5.74) is 10.5. The predicted octanol–water partition coefficient (Wildman–Crippen LogP) is -3.28. The standard InChI is InChI=1S/C20H23FN11O11PS/c21-8-12-6(40-18(8)31-4-26-9-14(22)24-3-25-15(9)31)1-28-45(37,38)43-13-11(33)7(2-39-44(35,36)42-12)41-19(13)32-5-27-10-16(32)29-20(23)30-17(10)34/h3-8,11-13,18-19,28,33H,1-2H2,(H,35,36)(H2,22,24,25)(H3,23,29,30,34)/p-1/t6-,7-,8-,11-,12-,13-,18-,19-/m1/s1. The van der Waals surface area contributed by atoms with Gasteiger partial charge >= 0.3 is 10.3 Å². The summed E-state index contributed by atoms with van der Waals surface area (Å²) in [7, 11) is -10.2. The molecule has 7 heterocycles. The zero-order valence-electron chi connectivity index (χ0n) is 22.3. The van der Waals surface area contributed by atoms with E-state index in [0.717, 1.165) is 28.1 Å². The molecule has 3 saturated heterocycles. The van der Waals surface area contributed by atoms with E-state index < -0.39 is 86.0 Å². The number of hydrogen-bond donors (Lipinski definition) is 5. The van der Waals surface area contributed by atoms with Gasteiger partial charge in [-0.3, -0.25) is 23.5 Å². The van der Waals surface area contributed by atoms with Gasteiger partial charge in [-0.15, -0.1) is 0 Å². The van der Waals surface area contributed by atoms with E-state index in [1.165, 1.54) is 0 Å². The fourth-order valence-electron chi connectivity index (χ4n) is 5.29. The Morgan fingerprint density at radius 2 is 1.76 bits per heavy atom. The van der Waals surface area contributed by atoms with Gasteiger partial charge < -0.3 is 40.0 Å². The first-order valence-electron chi connectivity index (χ1n) is 12.9. The lowest BCUT2D eigenvalue weighted by Crippen LogP contribution is -2.43. The second kappa shape index (κ2) is 10.7. The number of nitrogens with zero attached hydrogens (tertiary/aromatic N) is 7. The number of aliphatic hydroxyl groups excluding tert-OH is 1. The second-order valence-corrected chi connectivity index (χ2v) is 12.9. The minimum absolute atomic E-state index is 0.0135. The maximum atomic E-state index is 15.9. The number of alkyl halides is 1. The molecule has 3 aliphatic heterocycles. The van der Waals surface area contributed by atoms with Crippen LogP contribution in [-0.4, -0.2) is 102 Å². The number of aromatic amines is 1. The van der Waals surface area contributed by atoms with Gasteiger partial charge in [0.2, 0.25) is 5.95 Å². The molecule has 25 heteroatoms. The van der Waals surface area contributed by atoms with Gasteiger partial charge in [-0.25, -0.2) is 28.5 Å². The average Bonchev–Trinajstić information content (AvgIpc) is 3.72. The van der Waals surface area contributed by atoms with E-state index in [-0.39, 0.29) is 34.1 Å². The van der Waals surface area contributed by atoms with Crippen LogP contribution >= 0.6 is 7.82 Å². The molecular formula is C20H22FN11O11PS-. The number of anilines is 2. The Morgan fingerprint density at radius 1 is 1.04 bits per heavy atom. The number of H-pyrrole nitrogens is 1. The van der Waals surface area contributed by atoms with Crippen LogP contribution in [0.2, 0.25) is 0 Å². The van der Waals surface area contributed by atoms with E-state index in [2.05, 4.69) is 29.9 Å². The van der Waals surface area contributed by atoms with Crippen molar-refractivity contribution in [3.8, 4) is 0 Å². The van der Waals surface area contributed by atoms with Crippen molar-refractivity contribution < 1.29 is 50.1 Å². The third-order valence-corrected chi connectivity index (χ3v) is 9.28. The molecule has 0 radical (unpaired) electrons. The fourth-order valence-corrected chi connectivity index (χ4v) is 7.16. The van der Waals surface area contributed by atoms with E-state index in [4.69, 9.17) is 34.2 Å². The van der Waals surface area contributed by atoms with Crippen LogP contribution in [0.3, 0.4) is 0 Å². The fraction of sp³-hybridized carbons (Fsp3) is 0.500. The lowest BCUT2D eigenvalue weighted by Gasteiger charge is -2.30. The predicted molar refractivity (Wildman–Crippen MR) is 141 cm³/mol. The first-order chi connectivity index (χ1) is 21.3. The molecule has 7 rings (SSSR count). The first-order valence-corrected chi connectivity index (χ1v) is 15.8. The van der Waals surface area contributed by atoms with Crippen molar-refractivity contribution in [3.63, 3.8) is 0 Å². The van der Waals surface area contributed by atoms with Gasteiger partial charge in [-0.05, 0) is 0 Å². The average molecular weight is 675 g/mol. The number of phosphoric ester groups is 1. The van der Waals surface area contributed by atoms with E-state index in [1.54, 1.807) is 0 Å². The topological polar surface area (TPSA) is 312 Å². The van der Waals surface area contributed by atoms with Crippen molar-refractivity contribution in [1.82, 2.24) is 43.8 Å². The smallest absolute Gasteiger partial charge is 0.336 e. The second-order valence-electron chi connectivity index (χ2n) is 10.1. The highest BCUT2D eigenvalue weighted by molar-refractivity contribution is 7.84. The Kier molecular flexibility index (Phi) is 7.12. The molecule has 7 N–H and O–H groups in total. The van der Waals surface area contributed by atoms with Crippen molar-refractivity contribution in [3.05, 3.63) is 29.3 Å². The van der Waals surface area contributed by atoms with Crippen LogP contribution in [0.1, 0.15) is 12.5 Å². The molecule has 0 aliphatic carbocycles. The molecular weight excluding hydrogens is 652 g/mol. The van der Waals surface area contributed by atoms with Crippen LogP contribution in [0.4, 0.5) is 16.2 Å². The SMILES string of the molecule is Nc1nc2c(ncn2[C@@H]2O[C@@H]3COP(=O)([O-])O[C@H]4[C@@H](F)[C@H](n5cnc6c(N)ncnc65)O[C@@H]4CNS(=O)(=O)O[C@@H]2[C@@H]3O)c(=O)[nH]1. The molecule has 242 valence electrons. The summed E-state index contributed by atoms with van der Waals surface area (Å²) < 4.78 is 85.9. The highest BCUT2D eigenvalue weighted by Crippen LogP contribution is 2.47. The van der Waals surface area contributed by atoms with Gasteiger partial charge in [0.05, 0.1) is 19.3 Å². The number of rotatable bonds is 2. The van der Waals surface area contributed by atoms with Gasteiger partial charge in [0, 0.05) is 6.54 Å². The van der Waals surface area contributed by atoms with E-state index in [1.807, 2.05) is 4.72 Å². The summed E-state index contributed by atoms with van der Waals surface area (Å²) in [6.45, 7) is -1.69. The largest absolute Gasteiger partial charge is 0.756 e. The number of imidazole rings is 2. The summed E-state index contributed by atoms with van der Waals surface area (Å²) in [5.74, 6) is -0.318. The molecule has 1 unspecified atom stereocenters. The Bertz CT molecular complexity index is 2010. The number of halogens is 1. The van der Waals surface area contributed by atoms with Crippen LogP contribution in [0, 0.1) is 0 Å². The summed E-state index contributed by atoms with van der Waals surface area (Å²) in [5, 5.41) is 11.0. The van der Waals surface area contributed by atoms with Crippen LogP contribution in [-0.2, 0) is 37.6 Å². The zero-order valence-corrected chi connectivity index (χ0v) is 24.0. The van der Waals surface area contributed by atoms with Crippen molar-refractivity contribution >= 4 is 52.2 Å². The molecule has 0 amide bonds. The Balaban J connectivity index is 1.21. The maximum Gasteiger partial charge on any atom is 0.336 e. The minimum atomic E-state index is -5.39. The summed E-state index contributed by atoms with van der Waals surface area (Å²) in [6.07, 6.45) is -10.7. The Hall–Kier alpha value is -3.71. The third kappa shape index (κ3) is 5.23. The highest BCUT2D eigenvalue weighted by atomic mass is 32.2. The summed E-state index contributed by atoms with van der Waals surface area (Å²) in [4.78, 5) is 47.2. The van der Waals surface area contributed by atoms with Crippen LogP contribution < -0.4 is 26.6 Å². The van der Waals surface area contributed by atoms with E-state index >= 15 is 4.39 Å². The van der Waals surface area contributed by atoms with Crippen molar-refractivity contribution in [2.24, 2.45) is 0 Å². The number of fused-ring (bicyclic) bond motifs is 5. The van der Waals surface area contributed by atoms with Crippen LogP contribution in [0.15, 0.2) is 23.8 Å². The first kappa shape index (κ1) is 30.0. The highest BCUT2D eigenvalue weighted by Gasteiger charge is 2.52. The van der Waals surface area contributed by atoms with E-state index in [0.29, 0.717) is 0 Å². The lowest BCUT2D eigenvalue weighted by molar-refractivity contribution is -0.235. The number of nitrogen functional groups attached to an aromatic ring is 2. The van der Waals surface area contributed by atoms with Crippen molar-refractivity contribution in [2.75, 3.05) is 24.6 Å². The lowest BCUT2D eigenvalue weighted by atomic mass is 10.1. The number of nitrogens with one attached hydrogen (secondary N) is 2. The molecule has 3 aliphatic rings. The summed E-state index contributed by atoms with van der Waals surface area (Å²) in [6, 6.07) is 0. The number of nitrogens with two attached hydrogens (primary N) is 2. The number of ether oxygens (including phenoxy) is 2. The van der Waals surface area contributed by atoms with Gasteiger partial charge in [-0.2, -0.15) is 18.1 Å². The molecule has 0 spiro atoms. The quantitative estimate of drug-likeness (QED) is 0.130. The zero-order chi connectivity index (χ0) is 31.8. The summed E-state index contributed by atoms with van der Waals surface area (Å²) >= 11 is 0. The van der Waals surface area contributed by atoms with Gasteiger partial charge in [0.15, 0.2) is 47.4 Å². The van der Waals surface area contributed by atoms with Gasteiger partial charge in [-0.1, -0.05) is 0 Å². The molecule has 3 fully saturated rings. The normalized spacial score (nSPS) is 35.5. The monoisotopic (exact) mass is 674 g/mol. The van der Waals surface area contributed by atoms with Crippen molar-refractivity contribution in [1.29, 1.82) is 0 Å². The third-order valence-electron chi connectivity index (χ3n) is 7.31. The maximum absolute atomic E-state index is 15.9. The minimum Gasteiger partial charge on any atom is -0.756 e. The Labute approximate surface area is 249 Å². The van der Waals surface area contributed by atoms with E-state index in [9.17, 15) is 27.8 Å².